The van der Waals surface area contributed by atoms with Gasteiger partial charge in [-0.1, -0.05) is 36.4 Å². The lowest BCUT2D eigenvalue weighted by molar-refractivity contribution is 0.102. The molecular weight excluding hydrogens is 362 g/mol. The lowest BCUT2D eigenvalue weighted by Gasteiger charge is -2.07. The van der Waals surface area contributed by atoms with Crippen LogP contribution in [-0.4, -0.2) is 33.8 Å². The Balaban J connectivity index is 1.31. The zero-order valence-electron chi connectivity index (χ0n) is 16.1. The molecule has 146 valence electrons. The van der Waals surface area contributed by atoms with Gasteiger partial charge in [-0.15, -0.1) is 0 Å². The third-order valence-corrected chi connectivity index (χ3v) is 5.45. The molecule has 1 aliphatic heterocycles. The first-order chi connectivity index (χ1) is 14.2. The largest absolute Gasteiger partial charge is 0.351 e. The zero-order chi connectivity index (χ0) is 19.6. The molecule has 5 rings (SSSR count). The summed E-state index contributed by atoms with van der Waals surface area (Å²) in [5.74, 6) is -0.157. The van der Waals surface area contributed by atoms with E-state index in [2.05, 4.69) is 57.1 Å². The molecule has 0 saturated carbocycles. The van der Waals surface area contributed by atoms with Crippen LogP contribution in [0.25, 0.3) is 10.9 Å². The summed E-state index contributed by atoms with van der Waals surface area (Å²) in [4.78, 5) is 15.9. The van der Waals surface area contributed by atoms with Gasteiger partial charge in [-0.05, 0) is 48.7 Å². The van der Waals surface area contributed by atoms with Crippen molar-refractivity contribution in [2.24, 2.45) is 0 Å². The van der Waals surface area contributed by atoms with Gasteiger partial charge in [0.25, 0.3) is 5.91 Å². The first-order valence-corrected chi connectivity index (χ1v) is 9.96. The molecule has 1 saturated heterocycles. The lowest BCUT2D eigenvalue weighted by atomic mass is 10.0. The van der Waals surface area contributed by atoms with Crippen molar-refractivity contribution in [2.45, 2.75) is 18.9 Å². The number of rotatable bonds is 5. The minimum atomic E-state index is -0.157. The van der Waals surface area contributed by atoms with E-state index < -0.39 is 0 Å². The molecule has 3 N–H and O–H groups in total. The number of hydrogen-bond acceptors (Lipinski definition) is 3. The number of amides is 1. The Hall–Kier alpha value is -3.38. The summed E-state index contributed by atoms with van der Waals surface area (Å²) in [7, 11) is 0. The topological polar surface area (TPSA) is 74.7 Å². The monoisotopic (exact) mass is 385 g/mol. The number of H-pyrrole nitrogens is 1. The van der Waals surface area contributed by atoms with Crippen molar-refractivity contribution in [1.29, 1.82) is 0 Å². The molecule has 0 bridgehead atoms. The minimum Gasteiger partial charge on any atom is -0.351 e. The van der Waals surface area contributed by atoms with Crippen molar-refractivity contribution in [3.05, 3.63) is 83.8 Å². The van der Waals surface area contributed by atoms with E-state index >= 15 is 0 Å². The third kappa shape index (κ3) is 3.79. The highest BCUT2D eigenvalue weighted by molar-refractivity contribution is 6.05. The summed E-state index contributed by atoms with van der Waals surface area (Å²) in [6.45, 7) is 1.93. The minimum absolute atomic E-state index is 0.157. The van der Waals surface area contributed by atoms with Crippen LogP contribution >= 0.6 is 0 Å². The van der Waals surface area contributed by atoms with E-state index in [0.717, 1.165) is 36.8 Å². The number of nitrogens with one attached hydrogen (secondary N) is 3. The highest BCUT2D eigenvalue weighted by Gasteiger charge is 2.18. The van der Waals surface area contributed by atoms with E-state index in [4.69, 9.17) is 0 Å². The van der Waals surface area contributed by atoms with Crippen molar-refractivity contribution in [3.63, 3.8) is 0 Å². The molecule has 29 heavy (non-hydrogen) atoms. The van der Waals surface area contributed by atoms with Crippen LogP contribution in [0.3, 0.4) is 0 Å². The van der Waals surface area contributed by atoms with Crippen LogP contribution in [0.1, 0.15) is 34.1 Å². The number of aromatic amines is 1. The molecule has 1 fully saturated rings. The van der Waals surface area contributed by atoms with Crippen molar-refractivity contribution in [3.8, 4) is 0 Å². The van der Waals surface area contributed by atoms with Crippen LogP contribution in [0.4, 0.5) is 5.69 Å². The average molecular weight is 385 g/mol. The predicted molar refractivity (Wildman–Crippen MR) is 114 cm³/mol. The molecule has 0 spiro atoms. The molecule has 1 atom stereocenters. The van der Waals surface area contributed by atoms with Gasteiger partial charge in [0.2, 0.25) is 0 Å². The first kappa shape index (κ1) is 17.7. The molecule has 2 aromatic carbocycles. The molecule has 1 aliphatic rings. The van der Waals surface area contributed by atoms with Gasteiger partial charge in [0.1, 0.15) is 5.69 Å². The maximum absolute atomic E-state index is 12.7. The van der Waals surface area contributed by atoms with Gasteiger partial charge >= 0.3 is 0 Å². The highest BCUT2D eigenvalue weighted by Crippen LogP contribution is 2.21. The third-order valence-electron chi connectivity index (χ3n) is 5.45. The second-order valence-electron chi connectivity index (χ2n) is 7.58. The molecule has 4 aromatic rings. The fourth-order valence-corrected chi connectivity index (χ4v) is 3.91. The Bertz CT molecular complexity index is 1140. The van der Waals surface area contributed by atoms with Crippen molar-refractivity contribution in [1.82, 2.24) is 20.1 Å². The summed E-state index contributed by atoms with van der Waals surface area (Å²) in [5, 5.41) is 11.7. The van der Waals surface area contributed by atoms with Gasteiger partial charge in [0.05, 0.1) is 17.9 Å². The number of anilines is 1. The van der Waals surface area contributed by atoms with Crippen molar-refractivity contribution < 1.29 is 4.79 Å². The van der Waals surface area contributed by atoms with E-state index in [9.17, 15) is 4.79 Å². The number of carbonyl (C=O) groups excluding carboxylic acids is 1. The molecule has 6 nitrogen and oxygen atoms in total. The summed E-state index contributed by atoms with van der Waals surface area (Å²) < 4.78 is 1.93. The number of nitrogens with zero attached hydrogens (tertiary/aromatic N) is 2. The first-order valence-electron chi connectivity index (χ1n) is 9.96. The van der Waals surface area contributed by atoms with E-state index in [1.165, 1.54) is 11.1 Å². The summed E-state index contributed by atoms with van der Waals surface area (Å²) in [5.41, 5.74) is 4.72. The van der Waals surface area contributed by atoms with Gasteiger partial charge in [0, 0.05) is 23.6 Å². The lowest BCUT2D eigenvalue weighted by Crippen LogP contribution is -2.14. The maximum atomic E-state index is 12.7. The van der Waals surface area contributed by atoms with Crippen LogP contribution in [0, 0.1) is 0 Å². The predicted octanol–water partition coefficient (Wildman–Crippen LogP) is 3.74. The summed E-state index contributed by atoms with van der Waals surface area (Å²) in [6, 6.07) is 18.9. The van der Waals surface area contributed by atoms with E-state index in [1.54, 1.807) is 6.20 Å². The number of hydrogen-bond donors (Lipinski definition) is 3. The van der Waals surface area contributed by atoms with Crippen LogP contribution in [0.2, 0.25) is 0 Å². The standard InChI is InChI=1S/C23H23N5O/c29-23(26-19-13-25-28(15-19)20-8-9-24-14-20)22-12-18-11-17(6-7-21(18)27-22)10-16-4-2-1-3-5-16/h1-7,11-13,15,20,24,27H,8-10,14H2,(H,26,29). The SMILES string of the molecule is O=C(Nc1cnn(C2CCNC2)c1)c1cc2cc(Cc3ccccc3)ccc2[nH]1. The van der Waals surface area contributed by atoms with Crippen molar-refractivity contribution in [2.75, 3.05) is 18.4 Å². The number of benzene rings is 2. The molecule has 1 unspecified atom stereocenters. The Morgan fingerprint density at radius 1 is 1.14 bits per heavy atom. The summed E-state index contributed by atoms with van der Waals surface area (Å²) >= 11 is 0. The van der Waals surface area contributed by atoms with Crippen molar-refractivity contribution >= 4 is 22.5 Å². The Morgan fingerprint density at radius 3 is 2.86 bits per heavy atom. The molecule has 0 radical (unpaired) electrons. The number of aromatic nitrogens is 3. The van der Waals surface area contributed by atoms with Crippen LogP contribution in [0.5, 0.6) is 0 Å². The van der Waals surface area contributed by atoms with Gasteiger partial charge in [-0.2, -0.15) is 5.10 Å². The fraction of sp³-hybridized carbons (Fsp3) is 0.217. The fourth-order valence-electron chi connectivity index (χ4n) is 3.91. The van der Waals surface area contributed by atoms with E-state index in [-0.39, 0.29) is 5.91 Å². The van der Waals surface area contributed by atoms with Crippen LogP contribution in [0.15, 0.2) is 67.0 Å². The molecule has 6 heteroatoms. The molecule has 1 amide bonds. The van der Waals surface area contributed by atoms with Crippen LogP contribution in [-0.2, 0) is 6.42 Å². The number of carbonyl (C=O) groups is 1. The average Bonchev–Trinajstić information content (AvgIpc) is 3.48. The Labute approximate surface area is 168 Å². The molecule has 0 aliphatic carbocycles. The van der Waals surface area contributed by atoms with Gasteiger partial charge in [-0.3, -0.25) is 9.48 Å². The molecule has 3 heterocycles. The highest BCUT2D eigenvalue weighted by atomic mass is 16.1. The van der Waals surface area contributed by atoms with Gasteiger partial charge in [0.15, 0.2) is 0 Å². The number of fused-ring (bicyclic) bond motifs is 1. The Morgan fingerprint density at radius 2 is 2.03 bits per heavy atom. The summed E-state index contributed by atoms with van der Waals surface area (Å²) in [6.07, 6.45) is 5.54. The maximum Gasteiger partial charge on any atom is 0.272 e. The Kier molecular flexibility index (Phi) is 4.62. The van der Waals surface area contributed by atoms with Crippen LogP contribution < -0.4 is 10.6 Å². The molecule has 2 aromatic heterocycles. The normalized spacial score (nSPS) is 16.3. The van der Waals surface area contributed by atoms with Gasteiger partial charge < -0.3 is 15.6 Å². The van der Waals surface area contributed by atoms with Gasteiger partial charge in [-0.25, -0.2) is 0 Å². The quantitative estimate of drug-likeness (QED) is 0.490. The molecular formula is C23H23N5O. The second-order valence-corrected chi connectivity index (χ2v) is 7.58. The second kappa shape index (κ2) is 7.56. The smallest absolute Gasteiger partial charge is 0.272 e. The zero-order valence-corrected chi connectivity index (χ0v) is 16.1. The van der Waals surface area contributed by atoms with E-state index in [1.807, 2.05) is 29.1 Å². The van der Waals surface area contributed by atoms with E-state index in [0.29, 0.717) is 17.4 Å².